The van der Waals surface area contributed by atoms with Crippen molar-refractivity contribution in [3.63, 3.8) is 0 Å². The Morgan fingerprint density at radius 3 is 2.68 bits per heavy atom. The van der Waals surface area contributed by atoms with Gasteiger partial charge in [-0.1, -0.05) is 32.9 Å². The fourth-order valence-electron chi connectivity index (χ4n) is 1.90. The maximum Gasteiger partial charge on any atom is 0.311 e. The van der Waals surface area contributed by atoms with Crippen LogP contribution in [0.3, 0.4) is 0 Å². The number of carbonyl (C=O) groups excluding carboxylic acids is 2. The van der Waals surface area contributed by atoms with E-state index in [1.807, 2.05) is 32.9 Å². The molecule has 7 heteroatoms. The molecule has 3 N–H and O–H groups in total. The Labute approximate surface area is 132 Å². The summed E-state index contributed by atoms with van der Waals surface area (Å²) >= 11 is 0. The highest BCUT2D eigenvalue weighted by Crippen LogP contribution is 2.04. The molecular weight excluding hydrogens is 281 g/mol. The molecule has 0 aliphatic carbocycles. The van der Waals surface area contributed by atoms with Gasteiger partial charge in [-0.3, -0.25) is 14.6 Å². The topological polar surface area (TPSA) is 90.8 Å². The number of aliphatic imine (C=N–C) groups is 1. The van der Waals surface area contributed by atoms with Gasteiger partial charge in [0.2, 0.25) is 5.91 Å². The molecule has 2 amide bonds. The van der Waals surface area contributed by atoms with E-state index in [4.69, 9.17) is 5.02 Å². The van der Waals surface area contributed by atoms with E-state index in [0.717, 1.165) is 13.9 Å². The van der Waals surface area contributed by atoms with E-state index in [-0.39, 0.29) is 17.5 Å². The summed E-state index contributed by atoms with van der Waals surface area (Å²) in [5.74, 6) is -1.23. The molecule has 2 atom stereocenters. The van der Waals surface area contributed by atoms with Crippen molar-refractivity contribution in [2.45, 2.75) is 45.6 Å². The third-order valence-electron chi connectivity index (χ3n) is 3.28. The van der Waals surface area contributed by atoms with Crippen LogP contribution in [0.2, 0.25) is 0 Å². The monoisotopic (exact) mass is 304 g/mol. The number of carbonyl (C=O) groups is 2. The Morgan fingerprint density at radius 2 is 2.09 bits per heavy atom. The average molecular weight is 304 g/mol. The van der Waals surface area contributed by atoms with Gasteiger partial charge in [0.1, 0.15) is 11.8 Å². The van der Waals surface area contributed by atoms with Crippen molar-refractivity contribution in [2.75, 3.05) is 0 Å². The predicted octanol–water partition coefficient (Wildman–Crippen LogP) is 0.506. The van der Waals surface area contributed by atoms with Crippen LogP contribution in [0.5, 0.6) is 0 Å². The molecule has 2 unspecified atom stereocenters. The third-order valence-corrected chi connectivity index (χ3v) is 3.28. The van der Waals surface area contributed by atoms with Crippen LogP contribution in [0.4, 0.5) is 0 Å². The fourth-order valence-corrected chi connectivity index (χ4v) is 1.90. The molecule has 0 spiro atoms. The second kappa shape index (κ2) is 9.20. The highest BCUT2D eigenvalue weighted by molar-refractivity contribution is 6.43. The SMILES string of the molecule is CCC([B]O)NC(=O)C(NC(=O)C1=NC=CCC=C1)C(C)C. The van der Waals surface area contributed by atoms with E-state index < -0.39 is 17.9 Å². The summed E-state index contributed by atoms with van der Waals surface area (Å²) < 4.78 is 0. The van der Waals surface area contributed by atoms with Crippen molar-refractivity contribution in [3.05, 3.63) is 24.4 Å². The number of nitrogens with one attached hydrogen (secondary N) is 2. The number of amides is 2. The summed E-state index contributed by atoms with van der Waals surface area (Å²) in [6, 6.07) is -0.690. The zero-order chi connectivity index (χ0) is 16.5. The summed E-state index contributed by atoms with van der Waals surface area (Å²) in [5.41, 5.74) is 0.271. The minimum Gasteiger partial charge on any atom is -0.452 e. The molecule has 0 aromatic carbocycles. The molecule has 1 aliphatic rings. The van der Waals surface area contributed by atoms with Gasteiger partial charge < -0.3 is 15.7 Å². The highest BCUT2D eigenvalue weighted by Gasteiger charge is 2.27. The van der Waals surface area contributed by atoms with Gasteiger partial charge >= 0.3 is 7.48 Å². The molecule has 1 aliphatic heterocycles. The summed E-state index contributed by atoms with van der Waals surface area (Å²) in [7, 11) is 0.944. The molecule has 0 bridgehead atoms. The van der Waals surface area contributed by atoms with Crippen LogP contribution in [-0.2, 0) is 9.59 Å². The maximum absolute atomic E-state index is 12.3. The second-order valence-corrected chi connectivity index (χ2v) is 5.40. The Morgan fingerprint density at radius 1 is 1.36 bits per heavy atom. The lowest BCUT2D eigenvalue weighted by Gasteiger charge is -2.24. The quantitative estimate of drug-likeness (QED) is 0.598. The summed E-state index contributed by atoms with van der Waals surface area (Å²) in [6.07, 6.45) is 8.18. The fraction of sp³-hybridized carbons (Fsp3) is 0.533. The Kier molecular flexibility index (Phi) is 7.59. The van der Waals surface area contributed by atoms with Gasteiger partial charge in [0.15, 0.2) is 0 Å². The molecule has 119 valence electrons. The summed E-state index contributed by atoms with van der Waals surface area (Å²) in [4.78, 5) is 28.5. The lowest BCUT2D eigenvalue weighted by molar-refractivity contribution is -0.127. The molecule has 1 radical (unpaired) electrons. The summed E-state index contributed by atoms with van der Waals surface area (Å²) in [5, 5.41) is 14.4. The molecular formula is C15H23BN3O3. The number of hydrogen-bond donors (Lipinski definition) is 3. The Hall–Kier alpha value is -1.89. The minimum atomic E-state index is -0.690. The van der Waals surface area contributed by atoms with Gasteiger partial charge in [-0.25, -0.2) is 0 Å². The molecule has 0 fully saturated rings. The zero-order valence-electron chi connectivity index (χ0n) is 13.2. The molecule has 0 saturated carbocycles. The lowest BCUT2D eigenvalue weighted by atomic mass is 9.86. The molecule has 0 aromatic rings. The molecule has 0 saturated heterocycles. The standard InChI is InChI=1S/C15H23BN3O3/c1-4-12(16-22)18-15(21)13(10(2)3)19-14(20)11-8-6-5-7-9-17-11/h6-10,12-13,22H,4-5H2,1-3H3,(H,18,21)(H,19,20). The zero-order valence-corrected chi connectivity index (χ0v) is 13.2. The van der Waals surface area contributed by atoms with Crippen LogP contribution >= 0.6 is 0 Å². The maximum atomic E-state index is 12.3. The molecule has 0 aromatic heterocycles. The van der Waals surface area contributed by atoms with E-state index in [1.165, 1.54) is 0 Å². The van der Waals surface area contributed by atoms with Crippen molar-refractivity contribution in [2.24, 2.45) is 10.9 Å². The molecule has 6 nitrogen and oxygen atoms in total. The third kappa shape index (κ3) is 5.48. The number of hydrogen-bond acceptors (Lipinski definition) is 4. The van der Waals surface area contributed by atoms with E-state index in [1.54, 1.807) is 12.3 Å². The van der Waals surface area contributed by atoms with E-state index in [0.29, 0.717) is 6.42 Å². The first-order valence-corrected chi connectivity index (χ1v) is 7.47. The lowest BCUT2D eigenvalue weighted by Crippen LogP contribution is -2.54. The number of rotatable bonds is 7. The van der Waals surface area contributed by atoms with Crippen molar-refractivity contribution in [1.29, 1.82) is 0 Å². The van der Waals surface area contributed by atoms with Crippen LogP contribution in [-0.4, -0.2) is 42.0 Å². The van der Waals surface area contributed by atoms with Crippen LogP contribution in [0.1, 0.15) is 33.6 Å². The largest absolute Gasteiger partial charge is 0.452 e. The van der Waals surface area contributed by atoms with Gasteiger partial charge in [-0.05, 0) is 24.8 Å². The number of allylic oxidation sites excluding steroid dienone is 2. The Balaban J connectivity index is 2.75. The molecule has 1 heterocycles. The molecule has 1 rings (SSSR count). The normalized spacial score (nSPS) is 16.5. The Bertz CT molecular complexity index is 482. The minimum absolute atomic E-state index is 0.0916. The van der Waals surface area contributed by atoms with Gasteiger partial charge in [-0.15, -0.1) is 0 Å². The smallest absolute Gasteiger partial charge is 0.311 e. The van der Waals surface area contributed by atoms with Crippen LogP contribution in [0.25, 0.3) is 0 Å². The first kappa shape index (κ1) is 18.2. The van der Waals surface area contributed by atoms with Crippen molar-refractivity contribution >= 4 is 25.0 Å². The number of nitrogens with zero attached hydrogens (tertiary/aromatic N) is 1. The van der Waals surface area contributed by atoms with Crippen molar-refractivity contribution in [3.8, 4) is 0 Å². The predicted molar refractivity (Wildman–Crippen MR) is 87.3 cm³/mol. The van der Waals surface area contributed by atoms with Gasteiger partial charge in [-0.2, -0.15) is 0 Å². The second-order valence-electron chi connectivity index (χ2n) is 5.40. The van der Waals surface area contributed by atoms with Gasteiger partial charge in [0.25, 0.3) is 5.91 Å². The van der Waals surface area contributed by atoms with Crippen molar-refractivity contribution < 1.29 is 14.6 Å². The highest BCUT2D eigenvalue weighted by atomic mass is 16.2. The average Bonchev–Trinajstić information content (AvgIpc) is 2.78. The van der Waals surface area contributed by atoms with E-state index in [2.05, 4.69) is 15.6 Å². The molecule has 22 heavy (non-hydrogen) atoms. The summed E-state index contributed by atoms with van der Waals surface area (Å²) in [6.45, 7) is 5.54. The first-order valence-electron chi connectivity index (χ1n) is 7.47. The van der Waals surface area contributed by atoms with E-state index >= 15 is 0 Å². The van der Waals surface area contributed by atoms with Crippen LogP contribution < -0.4 is 10.6 Å². The van der Waals surface area contributed by atoms with Crippen LogP contribution in [0, 0.1) is 5.92 Å². The van der Waals surface area contributed by atoms with Crippen molar-refractivity contribution in [1.82, 2.24) is 10.6 Å². The first-order chi connectivity index (χ1) is 10.5. The van der Waals surface area contributed by atoms with Gasteiger partial charge in [0.05, 0.1) is 0 Å². The van der Waals surface area contributed by atoms with E-state index in [9.17, 15) is 9.59 Å². The van der Waals surface area contributed by atoms with Gasteiger partial charge in [0, 0.05) is 12.1 Å². The van der Waals surface area contributed by atoms with Crippen LogP contribution in [0.15, 0.2) is 29.4 Å².